The molecular formula is C44H36Cl2N6O2S2. The van der Waals surface area contributed by atoms with E-state index in [1.54, 1.807) is 9.80 Å². The van der Waals surface area contributed by atoms with Crippen LogP contribution in [0.1, 0.15) is 65.1 Å². The van der Waals surface area contributed by atoms with E-state index in [4.69, 9.17) is 47.6 Å². The van der Waals surface area contributed by atoms with Crippen LogP contribution in [0, 0.1) is 0 Å². The predicted molar refractivity (Wildman–Crippen MR) is 230 cm³/mol. The van der Waals surface area contributed by atoms with Crippen molar-refractivity contribution in [3.8, 4) is 0 Å². The van der Waals surface area contributed by atoms with Gasteiger partial charge in [-0.2, -0.15) is 0 Å². The zero-order valence-corrected chi connectivity index (χ0v) is 33.6. The number of para-hydroxylation sites is 1. The predicted octanol–water partition coefficient (Wildman–Crippen LogP) is 8.96. The Bertz CT molecular complexity index is 2700. The monoisotopic (exact) mass is 814 g/mol. The first-order valence-corrected chi connectivity index (χ1v) is 20.4. The van der Waals surface area contributed by atoms with Crippen molar-refractivity contribution in [1.82, 2.24) is 29.6 Å². The van der Waals surface area contributed by atoms with Gasteiger partial charge in [0.15, 0.2) is 10.2 Å². The summed E-state index contributed by atoms with van der Waals surface area (Å²) >= 11 is 25.1. The van der Waals surface area contributed by atoms with Gasteiger partial charge >= 0.3 is 0 Å². The normalized spacial score (nSPS) is 21.9. The van der Waals surface area contributed by atoms with E-state index in [0.717, 1.165) is 61.0 Å². The van der Waals surface area contributed by atoms with Crippen LogP contribution in [0.15, 0.2) is 97.1 Å². The van der Waals surface area contributed by atoms with Crippen LogP contribution in [-0.2, 0) is 22.4 Å². The molecule has 0 saturated carbocycles. The van der Waals surface area contributed by atoms with Gasteiger partial charge in [-0.25, -0.2) is 0 Å². The summed E-state index contributed by atoms with van der Waals surface area (Å²) in [5.74, 6) is 0.0117. The second-order valence-corrected chi connectivity index (χ2v) is 16.9. The average molecular weight is 816 g/mol. The second-order valence-electron chi connectivity index (χ2n) is 15.3. The van der Waals surface area contributed by atoms with Gasteiger partial charge in [0.2, 0.25) is 0 Å². The van der Waals surface area contributed by atoms with Gasteiger partial charge in [-0.1, -0.05) is 83.9 Å². The first kappa shape index (κ1) is 35.4. The van der Waals surface area contributed by atoms with Crippen molar-refractivity contribution in [3.05, 3.63) is 146 Å². The zero-order chi connectivity index (χ0) is 38.6. The van der Waals surface area contributed by atoms with Crippen LogP contribution in [0.25, 0.3) is 27.9 Å². The lowest BCUT2D eigenvalue weighted by Crippen LogP contribution is -2.44. The van der Waals surface area contributed by atoms with Crippen molar-refractivity contribution in [2.75, 3.05) is 6.54 Å². The molecule has 8 nitrogen and oxygen atoms in total. The van der Waals surface area contributed by atoms with Gasteiger partial charge < -0.3 is 19.8 Å². The number of carbonyl (C=O) groups is 2. The van der Waals surface area contributed by atoms with Crippen molar-refractivity contribution in [2.24, 2.45) is 0 Å². The molecule has 12 heteroatoms. The number of hydrogen-bond acceptors (Lipinski definition) is 4. The number of carbonyl (C=O) groups excluding carboxylic acids is 2. The van der Waals surface area contributed by atoms with E-state index in [2.05, 4.69) is 50.1 Å². The molecule has 4 aliphatic heterocycles. The third-order valence-corrected chi connectivity index (χ3v) is 13.1. The zero-order valence-electron chi connectivity index (χ0n) is 30.5. The molecule has 0 bridgehead atoms. The van der Waals surface area contributed by atoms with E-state index in [9.17, 15) is 9.59 Å². The lowest BCUT2D eigenvalue weighted by atomic mass is 9.88. The quantitative estimate of drug-likeness (QED) is 0.164. The number of thiocarbonyl (C=S) groups is 2. The number of amides is 2. The van der Waals surface area contributed by atoms with Crippen LogP contribution in [-0.4, -0.2) is 76.3 Å². The van der Waals surface area contributed by atoms with Gasteiger partial charge in [-0.15, -0.1) is 0 Å². The topological polar surface area (TPSA) is 78.7 Å². The van der Waals surface area contributed by atoms with E-state index in [1.807, 2.05) is 86.7 Å². The van der Waals surface area contributed by atoms with Gasteiger partial charge in [0.05, 0.1) is 12.1 Å². The lowest BCUT2D eigenvalue weighted by molar-refractivity contribution is -0.129. The minimum atomic E-state index is -0.431. The molecular weight excluding hydrogens is 780 g/mol. The molecule has 56 heavy (non-hydrogen) atoms. The van der Waals surface area contributed by atoms with Crippen molar-refractivity contribution in [1.29, 1.82) is 0 Å². The van der Waals surface area contributed by atoms with Gasteiger partial charge in [-0.3, -0.25) is 19.4 Å². The fourth-order valence-electron chi connectivity index (χ4n) is 9.38. The molecule has 6 heterocycles. The Balaban J connectivity index is 0.967. The minimum absolute atomic E-state index is 0.0102. The molecule has 0 radical (unpaired) electrons. The highest BCUT2D eigenvalue weighted by atomic mass is 35.5. The Morgan fingerprint density at radius 2 is 1.30 bits per heavy atom. The average Bonchev–Trinajstić information content (AvgIpc) is 3.88. The van der Waals surface area contributed by atoms with Crippen molar-refractivity contribution >= 4 is 97.6 Å². The lowest BCUT2D eigenvalue weighted by Gasteiger charge is -2.37. The number of H-pyrrole nitrogens is 2. The Hall–Kier alpha value is -5.00. The van der Waals surface area contributed by atoms with Crippen molar-refractivity contribution < 1.29 is 9.59 Å². The standard InChI is InChI=1S/C44H36Cl2N6O2S2/c1-23(2)50-42(54)36-22-32-30-18-24(15-16-34(30)48-38(32)40(52(36)44(50)56)26-10-6-12-28(46)20-26)8-7-17-49-41(53)35-21-31-29-13-3-4-14-33(29)47-37(31)39(51(35)43(49)55)25-9-5-11-27(45)19-25/h3-16,18-20,23,35-36,39-40,47-48H,17,21-22H2,1-2H3/b8-7+. The second kappa shape index (κ2) is 13.3. The summed E-state index contributed by atoms with van der Waals surface area (Å²) in [6, 6.07) is 28.6. The van der Waals surface area contributed by atoms with Crippen molar-refractivity contribution in [3.63, 3.8) is 0 Å². The van der Waals surface area contributed by atoms with Crippen LogP contribution in [0.4, 0.5) is 0 Å². The first-order chi connectivity index (χ1) is 27.1. The summed E-state index contributed by atoms with van der Waals surface area (Å²) in [5.41, 5.74) is 9.23. The van der Waals surface area contributed by atoms with E-state index in [0.29, 0.717) is 39.7 Å². The summed E-state index contributed by atoms with van der Waals surface area (Å²) in [5, 5.41) is 4.48. The van der Waals surface area contributed by atoms with Gasteiger partial charge in [0.1, 0.15) is 12.1 Å². The highest BCUT2D eigenvalue weighted by Gasteiger charge is 2.52. The molecule has 2 saturated heterocycles. The Morgan fingerprint density at radius 3 is 1.95 bits per heavy atom. The van der Waals surface area contributed by atoms with E-state index >= 15 is 0 Å². The van der Waals surface area contributed by atoms with Crippen LogP contribution in [0.5, 0.6) is 0 Å². The maximum Gasteiger partial charge on any atom is 0.252 e. The third-order valence-electron chi connectivity index (χ3n) is 11.8. The van der Waals surface area contributed by atoms with E-state index in [1.165, 1.54) is 0 Å². The van der Waals surface area contributed by atoms with Crippen molar-refractivity contribution in [2.45, 2.75) is 56.9 Å². The van der Waals surface area contributed by atoms with Crippen LogP contribution < -0.4 is 0 Å². The van der Waals surface area contributed by atoms with Gasteiger partial charge in [0.25, 0.3) is 11.8 Å². The highest BCUT2D eigenvalue weighted by Crippen LogP contribution is 2.46. The number of fused-ring (bicyclic) bond motifs is 8. The number of rotatable bonds is 6. The van der Waals surface area contributed by atoms with E-state index in [-0.39, 0.29) is 29.9 Å². The molecule has 2 fully saturated rings. The molecule has 2 aromatic heterocycles. The Kier molecular flexibility index (Phi) is 8.41. The summed E-state index contributed by atoms with van der Waals surface area (Å²) in [6.07, 6.45) is 5.13. The molecule has 4 aromatic carbocycles. The summed E-state index contributed by atoms with van der Waals surface area (Å²) in [6.45, 7) is 4.32. The molecule has 4 unspecified atom stereocenters. The third kappa shape index (κ3) is 5.37. The number of hydrogen-bond donors (Lipinski definition) is 2. The van der Waals surface area contributed by atoms with E-state index < -0.39 is 12.1 Å². The smallest absolute Gasteiger partial charge is 0.252 e. The minimum Gasteiger partial charge on any atom is -0.356 e. The van der Waals surface area contributed by atoms with Crippen LogP contribution in [0.2, 0.25) is 10.0 Å². The molecule has 0 spiro atoms. The van der Waals surface area contributed by atoms with Gasteiger partial charge in [-0.05, 0) is 109 Å². The maximum atomic E-state index is 14.2. The summed E-state index contributed by atoms with van der Waals surface area (Å²) < 4.78 is 0. The van der Waals surface area contributed by atoms with Crippen LogP contribution >= 0.6 is 47.6 Å². The summed E-state index contributed by atoms with van der Waals surface area (Å²) in [7, 11) is 0. The number of aromatic amines is 2. The highest BCUT2D eigenvalue weighted by molar-refractivity contribution is 7.80. The number of nitrogens with zero attached hydrogens (tertiary/aromatic N) is 4. The number of aromatic nitrogens is 2. The molecule has 280 valence electrons. The fourth-order valence-corrected chi connectivity index (χ4v) is 10.7. The molecule has 4 atom stereocenters. The maximum absolute atomic E-state index is 14.2. The molecule has 6 aromatic rings. The fraction of sp³-hybridized carbons (Fsp3) is 0.227. The number of nitrogens with one attached hydrogen (secondary N) is 2. The first-order valence-electron chi connectivity index (χ1n) is 18.8. The number of halogens is 2. The molecule has 0 aliphatic carbocycles. The SMILES string of the molecule is CC(C)N1C(=O)C2Cc3c([nH]c4ccc(/C=C/CN5C(=O)C6Cc7c([nH]c8ccccc78)C(c7cccc(Cl)c7)N6C5=S)cc34)C(c3cccc(Cl)c3)N2C1=S. The number of benzene rings is 4. The summed E-state index contributed by atoms with van der Waals surface area (Å²) in [4.78, 5) is 43.1. The molecule has 2 N–H and O–H groups in total. The van der Waals surface area contributed by atoms with Crippen LogP contribution in [0.3, 0.4) is 0 Å². The van der Waals surface area contributed by atoms with Gasteiger partial charge in [0, 0.05) is 68.7 Å². The molecule has 10 rings (SSSR count). The Labute approximate surface area is 344 Å². The Morgan fingerprint density at radius 1 is 0.714 bits per heavy atom. The molecule has 2 amide bonds. The molecule has 4 aliphatic rings. The largest absolute Gasteiger partial charge is 0.356 e.